The average Bonchev–Trinajstić information content (AvgIpc) is 2.45. The van der Waals surface area contributed by atoms with Crippen LogP contribution in [0.1, 0.15) is 50.4 Å². The van der Waals surface area contributed by atoms with Gasteiger partial charge in [0.05, 0.1) is 5.60 Å². The molecule has 1 aliphatic rings. The Balaban J connectivity index is 2.31. The first-order chi connectivity index (χ1) is 9.48. The number of ether oxygens (including phenoxy) is 1. The van der Waals surface area contributed by atoms with E-state index < -0.39 is 0 Å². The third kappa shape index (κ3) is 3.13. The van der Waals surface area contributed by atoms with Gasteiger partial charge in [0.1, 0.15) is 0 Å². The SMILES string of the molecule is CNC1CCCc2c1ccc(=O)n2CCC(C)(C)OC. The number of aromatic nitrogens is 1. The van der Waals surface area contributed by atoms with Crippen LogP contribution in [-0.2, 0) is 17.7 Å². The lowest BCUT2D eigenvalue weighted by Crippen LogP contribution is -2.33. The van der Waals surface area contributed by atoms with Crippen molar-refractivity contribution < 1.29 is 4.74 Å². The van der Waals surface area contributed by atoms with Crippen molar-refractivity contribution in [3.05, 3.63) is 33.7 Å². The number of nitrogens with one attached hydrogen (secondary N) is 1. The smallest absolute Gasteiger partial charge is 0.250 e. The molecule has 4 heteroatoms. The Bertz CT molecular complexity index is 520. The molecule has 1 aromatic rings. The zero-order valence-corrected chi connectivity index (χ0v) is 13.0. The van der Waals surface area contributed by atoms with E-state index >= 15 is 0 Å². The molecule has 0 fully saturated rings. The topological polar surface area (TPSA) is 43.3 Å². The van der Waals surface area contributed by atoms with Crippen LogP contribution in [0.15, 0.2) is 16.9 Å². The van der Waals surface area contributed by atoms with E-state index in [1.165, 1.54) is 11.3 Å². The zero-order valence-electron chi connectivity index (χ0n) is 13.0. The number of nitrogens with zero attached hydrogens (tertiary/aromatic N) is 1. The fourth-order valence-electron chi connectivity index (χ4n) is 2.89. The van der Waals surface area contributed by atoms with Crippen molar-refractivity contribution in [1.82, 2.24) is 9.88 Å². The van der Waals surface area contributed by atoms with Crippen LogP contribution in [0.2, 0.25) is 0 Å². The van der Waals surface area contributed by atoms with E-state index in [9.17, 15) is 4.79 Å². The predicted molar refractivity (Wildman–Crippen MR) is 81.1 cm³/mol. The highest BCUT2D eigenvalue weighted by molar-refractivity contribution is 5.27. The maximum Gasteiger partial charge on any atom is 0.250 e. The number of rotatable bonds is 5. The summed E-state index contributed by atoms with van der Waals surface area (Å²) in [4.78, 5) is 12.2. The quantitative estimate of drug-likeness (QED) is 0.898. The molecule has 0 bridgehead atoms. The summed E-state index contributed by atoms with van der Waals surface area (Å²) in [6.07, 6.45) is 4.11. The van der Waals surface area contributed by atoms with Crippen LogP contribution in [0, 0.1) is 0 Å². The van der Waals surface area contributed by atoms with Gasteiger partial charge in [-0.1, -0.05) is 6.07 Å². The number of hydrogen-bond donors (Lipinski definition) is 1. The molecular formula is C16H26N2O2. The molecule has 0 aromatic carbocycles. The lowest BCUT2D eigenvalue weighted by Gasteiger charge is -2.29. The van der Waals surface area contributed by atoms with E-state index in [-0.39, 0.29) is 11.2 Å². The van der Waals surface area contributed by atoms with Gasteiger partial charge in [-0.15, -0.1) is 0 Å². The van der Waals surface area contributed by atoms with Gasteiger partial charge in [-0.25, -0.2) is 0 Å². The van der Waals surface area contributed by atoms with Crippen LogP contribution in [-0.4, -0.2) is 24.3 Å². The third-order valence-electron chi connectivity index (χ3n) is 4.45. The lowest BCUT2D eigenvalue weighted by molar-refractivity contribution is 0.0116. The van der Waals surface area contributed by atoms with Gasteiger partial charge in [-0.2, -0.15) is 0 Å². The molecule has 2 rings (SSSR count). The molecule has 0 radical (unpaired) electrons. The van der Waals surface area contributed by atoms with Crippen molar-refractivity contribution in [3.63, 3.8) is 0 Å². The van der Waals surface area contributed by atoms with Crippen molar-refractivity contribution in [2.75, 3.05) is 14.2 Å². The molecule has 1 atom stereocenters. The minimum Gasteiger partial charge on any atom is -0.379 e. The highest BCUT2D eigenvalue weighted by Gasteiger charge is 2.23. The minimum absolute atomic E-state index is 0.104. The number of methoxy groups -OCH3 is 1. The summed E-state index contributed by atoms with van der Waals surface area (Å²) >= 11 is 0. The van der Waals surface area contributed by atoms with Crippen LogP contribution in [0.25, 0.3) is 0 Å². The fraction of sp³-hybridized carbons (Fsp3) is 0.688. The van der Waals surface area contributed by atoms with Gasteiger partial charge < -0.3 is 14.6 Å². The summed E-state index contributed by atoms with van der Waals surface area (Å²) < 4.78 is 7.40. The molecule has 1 unspecified atom stereocenters. The highest BCUT2D eigenvalue weighted by atomic mass is 16.5. The fourth-order valence-corrected chi connectivity index (χ4v) is 2.89. The number of pyridine rings is 1. The van der Waals surface area contributed by atoms with Crippen LogP contribution in [0.5, 0.6) is 0 Å². The van der Waals surface area contributed by atoms with Gasteiger partial charge in [0.15, 0.2) is 0 Å². The van der Waals surface area contributed by atoms with Crippen LogP contribution < -0.4 is 10.9 Å². The second-order valence-electron chi connectivity index (χ2n) is 6.17. The molecule has 1 heterocycles. The first kappa shape index (κ1) is 15.3. The van der Waals surface area contributed by atoms with Crippen molar-refractivity contribution in [2.45, 2.75) is 57.7 Å². The second kappa shape index (κ2) is 6.10. The van der Waals surface area contributed by atoms with E-state index in [1.54, 1.807) is 13.2 Å². The van der Waals surface area contributed by atoms with Crippen molar-refractivity contribution in [3.8, 4) is 0 Å². The summed E-state index contributed by atoms with van der Waals surface area (Å²) in [6, 6.07) is 4.07. The third-order valence-corrected chi connectivity index (χ3v) is 4.45. The Labute approximate surface area is 121 Å². The monoisotopic (exact) mass is 278 g/mol. The molecule has 0 aliphatic heterocycles. The van der Waals surface area contributed by atoms with E-state index in [2.05, 4.69) is 19.2 Å². The molecule has 1 aromatic heterocycles. The molecule has 20 heavy (non-hydrogen) atoms. The van der Waals surface area contributed by atoms with E-state index in [0.717, 1.165) is 32.2 Å². The maximum absolute atomic E-state index is 12.2. The highest BCUT2D eigenvalue weighted by Crippen LogP contribution is 2.28. The average molecular weight is 278 g/mol. The summed E-state index contributed by atoms with van der Waals surface area (Å²) in [7, 11) is 3.71. The Morgan fingerprint density at radius 2 is 2.20 bits per heavy atom. The van der Waals surface area contributed by atoms with Gasteiger partial charge in [0.2, 0.25) is 0 Å². The predicted octanol–water partition coefficient (Wildman–Crippen LogP) is 2.26. The summed E-state index contributed by atoms with van der Waals surface area (Å²) in [5, 5.41) is 3.35. The van der Waals surface area contributed by atoms with Crippen molar-refractivity contribution in [2.24, 2.45) is 0 Å². The van der Waals surface area contributed by atoms with E-state index in [0.29, 0.717) is 6.04 Å². The van der Waals surface area contributed by atoms with Crippen LogP contribution in [0.3, 0.4) is 0 Å². The Morgan fingerprint density at radius 3 is 2.85 bits per heavy atom. The first-order valence-corrected chi connectivity index (χ1v) is 7.43. The van der Waals surface area contributed by atoms with Gasteiger partial charge in [0.25, 0.3) is 5.56 Å². The Kier molecular flexibility index (Phi) is 4.66. The van der Waals surface area contributed by atoms with Crippen LogP contribution in [0.4, 0.5) is 0 Å². The number of hydrogen-bond acceptors (Lipinski definition) is 3. The molecule has 4 nitrogen and oxygen atoms in total. The normalized spacial score (nSPS) is 18.9. The zero-order chi connectivity index (χ0) is 14.8. The Morgan fingerprint density at radius 1 is 1.45 bits per heavy atom. The number of fused-ring (bicyclic) bond motifs is 1. The van der Waals surface area contributed by atoms with Gasteiger partial charge in [0, 0.05) is 31.5 Å². The van der Waals surface area contributed by atoms with E-state index in [1.807, 2.05) is 17.7 Å². The lowest BCUT2D eigenvalue weighted by atomic mass is 9.91. The van der Waals surface area contributed by atoms with Gasteiger partial charge >= 0.3 is 0 Å². The van der Waals surface area contributed by atoms with E-state index in [4.69, 9.17) is 4.74 Å². The van der Waals surface area contributed by atoms with Crippen molar-refractivity contribution in [1.29, 1.82) is 0 Å². The molecule has 0 spiro atoms. The molecule has 1 aliphatic carbocycles. The molecule has 0 amide bonds. The standard InChI is InChI=1S/C16H26N2O2/c1-16(2,20-4)10-11-18-14-7-5-6-13(17-3)12(14)8-9-15(18)19/h8-9,13,17H,5-7,10-11H2,1-4H3. The van der Waals surface area contributed by atoms with Gasteiger partial charge in [-0.3, -0.25) is 4.79 Å². The van der Waals surface area contributed by atoms with Crippen LogP contribution >= 0.6 is 0 Å². The first-order valence-electron chi connectivity index (χ1n) is 7.43. The molecule has 1 N–H and O–H groups in total. The largest absolute Gasteiger partial charge is 0.379 e. The summed E-state index contributed by atoms with van der Waals surface area (Å²) in [5.74, 6) is 0. The van der Waals surface area contributed by atoms with Crippen molar-refractivity contribution >= 4 is 0 Å². The molecule has 0 saturated carbocycles. The second-order valence-corrected chi connectivity index (χ2v) is 6.17. The minimum atomic E-state index is -0.195. The molecule has 112 valence electrons. The Hall–Kier alpha value is -1.13. The molecular weight excluding hydrogens is 252 g/mol. The molecule has 0 saturated heterocycles. The summed E-state index contributed by atoms with van der Waals surface area (Å²) in [5.41, 5.74) is 2.40. The maximum atomic E-state index is 12.2. The van der Waals surface area contributed by atoms with Gasteiger partial charge in [-0.05, 0) is 52.1 Å². The summed E-state index contributed by atoms with van der Waals surface area (Å²) in [6.45, 7) is 4.84.